The quantitative estimate of drug-likeness (QED) is 0.837. The first kappa shape index (κ1) is 15.0. The van der Waals surface area contributed by atoms with Crippen molar-refractivity contribution in [3.8, 4) is 0 Å². The van der Waals surface area contributed by atoms with E-state index < -0.39 is 18.0 Å². The summed E-state index contributed by atoms with van der Waals surface area (Å²) in [6, 6.07) is 6.59. The molecule has 21 heavy (non-hydrogen) atoms. The maximum absolute atomic E-state index is 11.7. The summed E-state index contributed by atoms with van der Waals surface area (Å²) in [6.45, 7) is 3.98. The molecule has 1 atom stereocenters. The molecular weight excluding hydrogens is 272 g/mol. The van der Waals surface area contributed by atoms with Gasteiger partial charge in [0.2, 0.25) is 0 Å². The van der Waals surface area contributed by atoms with E-state index in [2.05, 4.69) is 5.10 Å². The van der Waals surface area contributed by atoms with Crippen molar-refractivity contribution in [2.24, 2.45) is 5.10 Å². The summed E-state index contributed by atoms with van der Waals surface area (Å²) < 4.78 is 4.89. The highest BCUT2D eigenvalue weighted by Gasteiger charge is 2.36. The second-order valence-electron chi connectivity index (χ2n) is 4.69. The normalized spacial score (nSPS) is 17.5. The molecule has 0 saturated heterocycles. The molecule has 0 saturated carbocycles. The molecule has 0 aliphatic carbocycles. The van der Waals surface area contributed by atoms with Crippen LogP contribution in [0.2, 0.25) is 0 Å². The van der Waals surface area contributed by atoms with Gasteiger partial charge in [0.25, 0.3) is 0 Å². The summed E-state index contributed by atoms with van der Waals surface area (Å²) in [5, 5.41) is 14.8. The highest BCUT2D eigenvalue weighted by atomic mass is 16.5. The van der Waals surface area contributed by atoms with E-state index in [1.165, 1.54) is 5.01 Å². The van der Waals surface area contributed by atoms with E-state index in [0.717, 1.165) is 12.0 Å². The molecule has 1 aromatic carbocycles. The minimum absolute atomic E-state index is 0.0453. The van der Waals surface area contributed by atoms with E-state index in [1.807, 2.05) is 31.2 Å². The Balaban J connectivity index is 2.28. The largest absolute Gasteiger partial charge is 0.480 e. The third-order valence-electron chi connectivity index (χ3n) is 3.32. The van der Waals surface area contributed by atoms with Gasteiger partial charge in [0, 0.05) is 6.42 Å². The molecule has 0 radical (unpaired) electrons. The Morgan fingerprint density at radius 1 is 1.33 bits per heavy atom. The fraction of sp³-hybridized carbons (Fsp3) is 0.400. The summed E-state index contributed by atoms with van der Waals surface area (Å²) >= 11 is 0. The van der Waals surface area contributed by atoms with E-state index in [4.69, 9.17) is 4.74 Å². The molecule has 0 fully saturated rings. The molecule has 112 valence electrons. The van der Waals surface area contributed by atoms with Crippen molar-refractivity contribution in [2.75, 3.05) is 11.6 Å². The van der Waals surface area contributed by atoms with E-state index in [0.29, 0.717) is 5.69 Å². The van der Waals surface area contributed by atoms with E-state index in [1.54, 1.807) is 6.92 Å². The van der Waals surface area contributed by atoms with Gasteiger partial charge in [0.05, 0.1) is 12.3 Å². The standard InChI is InChI=1S/C15H18N2O4/c1-3-10-5-7-11(8-6-10)17-13(14(18)19)9-12(16-17)15(20)21-4-2/h5-8,13H,3-4,9H2,1-2H3,(H,18,19)/t13-/m0/s1. The number of esters is 1. The zero-order chi connectivity index (χ0) is 15.4. The maximum Gasteiger partial charge on any atom is 0.354 e. The maximum atomic E-state index is 11.7. The Morgan fingerprint density at radius 2 is 2.00 bits per heavy atom. The minimum Gasteiger partial charge on any atom is -0.480 e. The highest BCUT2D eigenvalue weighted by molar-refractivity contribution is 6.38. The van der Waals surface area contributed by atoms with Gasteiger partial charge in [0.15, 0.2) is 6.04 Å². The number of carbonyl (C=O) groups excluding carboxylic acids is 1. The fourth-order valence-electron chi connectivity index (χ4n) is 2.16. The molecule has 1 aromatic rings. The van der Waals surface area contributed by atoms with Gasteiger partial charge >= 0.3 is 11.9 Å². The Kier molecular flexibility index (Phi) is 4.57. The van der Waals surface area contributed by atoms with Crippen LogP contribution in [0, 0.1) is 0 Å². The summed E-state index contributed by atoms with van der Waals surface area (Å²) in [5.41, 5.74) is 1.95. The second-order valence-corrected chi connectivity index (χ2v) is 4.69. The number of aryl methyl sites for hydroxylation is 1. The number of hydrogen-bond acceptors (Lipinski definition) is 5. The fourth-order valence-corrected chi connectivity index (χ4v) is 2.16. The average Bonchev–Trinajstić information content (AvgIpc) is 2.93. The minimum atomic E-state index is -1.02. The van der Waals surface area contributed by atoms with Crippen molar-refractivity contribution >= 4 is 23.3 Å². The highest BCUT2D eigenvalue weighted by Crippen LogP contribution is 2.25. The number of hydrogen-bond donors (Lipinski definition) is 1. The van der Waals surface area contributed by atoms with Gasteiger partial charge in [-0.3, -0.25) is 5.01 Å². The van der Waals surface area contributed by atoms with Gasteiger partial charge < -0.3 is 9.84 Å². The SMILES string of the molecule is CCOC(=O)C1=NN(c2ccc(CC)cc2)[C@H](C(=O)O)C1. The van der Waals surface area contributed by atoms with Gasteiger partial charge in [-0.15, -0.1) is 0 Å². The lowest BCUT2D eigenvalue weighted by atomic mass is 10.1. The van der Waals surface area contributed by atoms with Crippen LogP contribution < -0.4 is 5.01 Å². The molecule has 0 amide bonds. The number of carboxylic acids is 1. The number of ether oxygens (including phenoxy) is 1. The van der Waals surface area contributed by atoms with Crippen molar-refractivity contribution in [1.29, 1.82) is 0 Å². The third kappa shape index (κ3) is 3.21. The molecule has 0 spiro atoms. The van der Waals surface area contributed by atoms with Gasteiger partial charge in [-0.05, 0) is 31.0 Å². The third-order valence-corrected chi connectivity index (χ3v) is 3.32. The summed E-state index contributed by atoms with van der Waals surface area (Å²) in [4.78, 5) is 23.1. The van der Waals surface area contributed by atoms with Crippen LogP contribution in [0.5, 0.6) is 0 Å². The van der Waals surface area contributed by atoms with Crippen molar-refractivity contribution in [1.82, 2.24) is 0 Å². The first-order valence-corrected chi connectivity index (χ1v) is 6.92. The predicted molar refractivity (Wildman–Crippen MR) is 78.4 cm³/mol. The first-order chi connectivity index (χ1) is 10.1. The lowest BCUT2D eigenvalue weighted by Crippen LogP contribution is -2.34. The van der Waals surface area contributed by atoms with Crippen LogP contribution in [0.1, 0.15) is 25.8 Å². The summed E-state index contributed by atoms with van der Waals surface area (Å²) in [7, 11) is 0. The Hall–Kier alpha value is -2.37. The van der Waals surface area contributed by atoms with E-state index in [-0.39, 0.29) is 18.7 Å². The van der Waals surface area contributed by atoms with Crippen LogP contribution in [-0.4, -0.2) is 35.4 Å². The predicted octanol–water partition coefficient (Wildman–Crippen LogP) is 1.83. The van der Waals surface area contributed by atoms with Crippen LogP contribution in [0.4, 0.5) is 5.69 Å². The average molecular weight is 290 g/mol. The van der Waals surface area contributed by atoms with Gasteiger partial charge in [-0.25, -0.2) is 9.59 Å². The van der Waals surface area contributed by atoms with Crippen molar-refractivity contribution in [2.45, 2.75) is 32.7 Å². The monoisotopic (exact) mass is 290 g/mol. The van der Waals surface area contributed by atoms with Crippen LogP contribution in [0.3, 0.4) is 0 Å². The van der Waals surface area contributed by atoms with Crippen LogP contribution >= 0.6 is 0 Å². The summed E-state index contributed by atoms with van der Waals surface area (Å²) in [5.74, 6) is -1.57. The number of nitrogens with zero attached hydrogens (tertiary/aromatic N) is 2. The Morgan fingerprint density at radius 3 is 2.52 bits per heavy atom. The van der Waals surface area contributed by atoms with Crippen LogP contribution in [0.15, 0.2) is 29.4 Å². The lowest BCUT2D eigenvalue weighted by molar-refractivity contribution is -0.138. The second kappa shape index (κ2) is 6.39. The van der Waals surface area contributed by atoms with E-state index in [9.17, 15) is 14.7 Å². The molecule has 1 heterocycles. The zero-order valence-electron chi connectivity index (χ0n) is 12.1. The summed E-state index contributed by atoms with van der Waals surface area (Å²) in [6.07, 6.45) is 0.948. The van der Waals surface area contributed by atoms with Crippen molar-refractivity contribution in [3.05, 3.63) is 29.8 Å². The van der Waals surface area contributed by atoms with Crippen molar-refractivity contribution < 1.29 is 19.4 Å². The van der Waals surface area contributed by atoms with Gasteiger partial charge in [-0.1, -0.05) is 19.1 Å². The van der Waals surface area contributed by atoms with Crippen LogP contribution in [0.25, 0.3) is 0 Å². The molecular formula is C15H18N2O4. The molecule has 0 unspecified atom stereocenters. The van der Waals surface area contributed by atoms with Gasteiger partial charge in [-0.2, -0.15) is 5.10 Å². The number of benzene rings is 1. The lowest BCUT2D eigenvalue weighted by Gasteiger charge is -2.20. The Bertz CT molecular complexity index is 566. The number of carboxylic acid groups (broad SMARTS) is 1. The first-order valence-electron chi connectivity index (χ1n) is 6.92. The zero-order valence-corrected chi connectivity index (χ0v) is 12.1. The number of carbonyl (C=O) groups is 2. The molecule has 2 rings (SSSR count). The van der Waals surface area contributed by atoms with E-state index >= 15 is 0 Å². The molecule has 1 aliphatic heterocycles. The molecule has 6 heteroatoms. The van der Waals surface area contributed by atoms with Gasteiger partial charge in [0.1, 0.15) is 5.71 Å². The molecule has 1 N–H and O–H groups in total. The number of aliphatic carboxylic acids is 1. The molecule has 0 bridgehead atoms. The molecule has 1 aliphatic rings. The molecule has 6 nitrogen and oxygen atoms in total. The smallest absolute Gasteiger partial charge is 0.354 e. The van der Waals surface area contributed by atoms with Crippen LogP contribution in [-0.2, 0) is 20.7 Å². The number of hydrazone groups is 1. The molecule has 0 aromatic heterocycles. The Labute approximate surface area is 123 Å². The number of rotatable bonds is 5. The topological polar surface area (TPSA) is 79.2 Å². The van der Waals surface area contributed by atoms with Crippen molar-refractivity contribution in [3.63, 3.8) is 0 Å². The number of anilines is 1.